The van der Waals surface area contributed by atoms with Crippen LogP contribution in [-0.2, 0) is 0 Å². The van der Waals surface area contributed by atoms with Crippen molar-refractivity contribution in [2.45, 2.75) is 25.8 Å². The second kappa shape index (κ2) is 7.23. The first kappa shape index (κ1) is 17.3. The number of carbonyl (C=O) groups excluding carboxylic acids is 1. The van der Waals surface area contributed by atoms with Crippen molar-refractivity contribution < 1.29 is 9.53 Å². The van der Waals surface area contributed by atoms with Gasteiger partial charge in [0.15, 0.2) is 5.69 Å². The number of nitrogens with zero attached hydrogens (tertiary/aromatic N) is 4. The monoisotopic (exact) mass is 362 g/mol. The lowest BCUT2D eigenvalue weighted by molar-refractivity contribution is 0.0729. The third-order valence-corrected chi connectivity index (χ3v) is 5.00. The van der Waals surface area contributed by atoms with Crippen molar-refractivity contribution in [2.75, 3.05) is 13.7 Å². The van der Waals surface area contributed by atoms with Crippen LogP contribution in [0.2, 0.25) is 0 Å². The minimum absolute atomic E-state index is 0.0390. The third kappa shape index (κ3) is 3.43. The summed E-state index contributed by atoms with van der Waals surface area (Å²) in [4.78, 5) is 14.9. The van der Waals surface area contributed by atoms with E-state index in [-0.39, 0.29) is 11.9 Å². The van der Waals surface area contributed by atoms with Gasteiger partial charge >= 0.3 is 0 Å². The van der Waals surface area contributed by atoms with Gasteiger partial charge in [-0.2, -0.15) is 0 Å². The highest BCUT2D eigenvalue weighted by Gasteiger charge is 2.32. The maximum atomic E-state index is 13.1. The molecule has 3 aromatic rings. The molecule has 0 spiro atoms. The molecule has 2 aromatic carbocycles. The van der Waals surface area contributed by atoms with E-state index in [0.717, 1.165) is 36.4 Å². The van der Waals surface area contributed by atoms with Crippen molar-refractivity contribution in [3.63, 3.8) is 0 Å². The first-order valence-corrected chi connectivity index (χ1v) is 9.10. The zero-order valence-corrected chi connectivity index (χ0v) is 15.5. The van der Waals surface area contributed by atoms with E-state index in [0.29, 0.717) is 5.69 Å². The van der Waals surface area contributed by atoms with E-state index >= 15 is 0 Å². The number of methoxy groups -OCH3 is 1. The number of ether oxygens (including phenoxy) is 1. The highest BCUT2D eigenvalue weighted by molar-refractivity contribution is 5.92. The zero-order valence-electron chi connectivity index (χ0n) is 15.5. The molecule has 138 valence electrons. The molecule has 0 saturated carbocycles. The second-order valence-corrected chi connectivity index (χ2v) is 6.82. The lowest BCUT2D eigenvalue weighted by Gasteiger charge is -2.24. The van der Waals surface area contributed by atoms with Gasteiger partial charge in [0.1, 0.15) is 5.75 Å². The number of rotatable bonds is 4. The number of aryl methyl sites for hydroxylation is 1. The molecule has 0 aliphatic carbocycles. The molecule has 1 saturated heterocycles. The Balaban J connectivity index is 1.57. The standard InChI is InChI=1S/C21H22N4O2/c1-15-8-10-17(11-9-15)25-14-19(22-23-25)21(26)24-12-4-7-20(24)16-5-3-6-18(13-16)27-2/h3,5-6,8-11,13-14,20H,4,7,12H2,1-2H3. The topological polar surface area (TPSA) is 60.2 Å². The van der Waals surface area contributed by atoms with E-state index in [1.807, 2.05) is 60.4 Å². The van der Waals surface area contributed by atoms with E-state index in [1.165, 1.54) is 5.56 Å². The van der Waals surface area contributed by atoms with Gasteiger partial charge in [0.05, 0.1) is 25.0 Å². The van der Waals surface area contributed by atoms with Crippen LogP contribution >= 0.6 is 0 Å². The van der Waals surface area contributed by atoms with E-state index in [2.05, 4.69) is 10.3 Å². The van der Waals surface area contributed by atoms with E-state index in [4.69, 9.17) is 4.74 Å². The van der Waals surface area contributed by atoms with Crippen LogP contribution < -0.4 is 4.74 Å². The zero-order chi connectivity index (χ0) is 18.8. The van der Waals surface area contributed by atoms with Gasteiger partial charge in [0.2, 0.25) is 0 Å². The second-order valence-electron chi connectivity index (χ2n) is 6.82. The molecule has 1 aliphatic heterocycles. The van der Waals surface area contributed by atoms with E-state index < -0.39 is 0 Å². The Morgan fingerprint density at radius 3 is 2.78 bits per heavy atom. The molecule has 0 radical (unpaired) electrons. The Labute approximate surface area is 158 Å². The highest BCUT2D eigenvalue weighted by Crippen LogP contribution is 2.34. The Kier molecular flexibility index (Phi) is 4.62. The number of likely N-dealkylation sites (tertiary alicyclic amines) is 1. The fraction of sp³-hybridized carbons (Fsp3) is 0.286. The predicted octanol–water partition coefficient (Wildman–Crippen LogP) is 3.56. The van der Waals surface area contributed by atoms with E-state index in [1.54, 1.807) is 18.0 Å². The minimum Gasteiger partial charge on any atom is -0.497 e. The van der Waals surface area contributed by atoms with Gasteiger partial charge in [-0.3, -0.25) is 4.79 Å². The molecule has 27 heavy (non-hydrogen) atoms. The Morgan fingerprint density at radius 2 is 2.00 bits per heavy atom. The van der Waals surface area contributed by atoms with E-state index in [9.17, 15) is 4.79 Å². The molecule has 0 bridgehead atoms. The normalized spacial score (nSPS) is 16.5. The van der Waals surface area contributed by atoms with Crippen molar-refractivity contribution in [1.29, 1.82) is 0 Å². The highest BCUT2D eigenvalue weighted by atomic mass is 16.5. The summed E-state index contributed by atoms with van der Waals surface area (Å²) in [7, 11) is 1.65. The van der Waals surface area contributed by atoms with Crippen LogP contribution in [0.15, 0.2) is 54.7 Å². The number of carbonyl (C=O) groups is 1. The first-order valence-electron chi connectivity index (χ1n) is 9.10. The predicted molar refractivity (Wildman–Crippen MR) is 102 cm³/mol. The Hall–Kier alpha value is -3.15. The molecule has 4 rings (SSSR count). The average molecular weight is 362 g/mol. The number of hydrogen-bond donors (Lipinski definition) is 0. The third-order valence-electron chi connectivity index (χ3n) is 5.00. The van der Waals surface area contributed by atoms with Gasteiger partial charge in [0.25, 0.3) is 5.91 Å². The molecule has 2 heterocycles. The molecule has 1 aliphatic rings. The molecule has 1 fully saturated rings. The van der Waals surface area contributed by atoms with Crippen molar-refractivity contribution in [1.82, 2.24) is 19.9 Å². The van der Waals surface area contributed by atoms with Crippen molar-refractivity contribution >= 4 is 5.91 Å². The quantitative estimate of drug-likeness (QED) is 0.712. The summed E-state index contributed by atoms with van der Waals surface area (Å²) < 4.78 is 6.97. The van der Waals surface area contributed by atoms with Crippen LogP contribution in [0.25, 0.3) is 5.69 Å². The fourth-order valence-electron chi connectivity index (χ4n) is 3.54. The molecule has 1 atom stereocenters. The maximum Gasteiger partial charge on any atom is 0.276 e. The van der Waals surface area contributed by atoms with Crippen LogP contribution in [0.5, 0.6) is 5.75 Å². The molecule has 6 heteroatoms. The van der Waals surface area contributed by atoms with Gasteiger partial charge < -0.3 is 9.64 Å². The van der Waals surface area contributed by atoms with Gasteiger partial charge in [-0.1, -0.05) is 35.0 Å². The molecular formula is C21H22N4O2. The SMILES string of the molecule is COc1cccc(C2CCCN2C(=O)c2cn(-c3ccc(C)cc3)nn2)c1. The molecule has 1 amide bonds. The van der Waals surface area contributed by atoms with Gasteiger partial charge in [-0.15, -0.1) is 5.10 Å². The van der Waals surface area contributed by atoms with Gasteiger partial charge in [-0.25, -0.2) is 4.68 Å². The minimum atomic E-state index is -0.0846. The number of benzene rings is 2. The van der Waals surface area contributed by atoms with Crippen molar-refractivity contribution in [2.24, 2.45) is 0 Å². The number of hydrogen-bond acceptors (Lipinski definition) is 4. The maximum absolute atomic E-state index is 13.1. The fourth-order valence-corrected chi connectivity index (χ4v) is 3.54. The summed E-state index contributed by atoms with van der Waals surface area (Å²) in [6, 6.07) is 15.9. The largest absolute Gasteiger partial charge is 0.497 e. The van der Waals surface area contributed by atoms with Crippen LogP contribution in [-0.4, -0.2) is 39.5 Å². The van der Waals surface area contributed by atoms with Crippen LogP contribution in [0.1, 0.15) is 40.5 Å². The summed E-state index contributed by atoms with van der Waals surface area (Å²) in [5.74, 6) is 0.718. The molecular weight excluding hydrogens is 340 g/mol. The lowest BCUT2D eigenvalue weighted by Crippen LogP contribution is -2.30. The van der Waals surface area contributed by atoms with Gasteiger partial charge in [0, 0.05) is 6.54 Å². The summed E-state index contributed by atoms with van der Waals surface area (Å²) >= 11 is 0. The number of amides is 1. The van der Waals surface area contributed by atoms with Crippen molar-refractivity contribution in [3.8, 4) is 11.4 Å². The molecule has 1 aromatic heterocycles. The van der Waals surface area contributed by atoms with Crippen LogP contribution in [0.4, 0.5) is 0 Å². The summed E-state index contributed by atoms with van der Waals surface area (Å²) in [6.07, 6.45) is 3.61. The van der Waals surface area contributed by atoms with Crippen molar-refractivity contribution in [3.05, 3.63) is 71.5 Å². The smallest absolute Gasteiger partial charge is 0.276 e. The summed E-state index contributed by atoms with van der Waals surface area (Å²) in [5.41, 5.74) is 3.52. The Bertz CT molecular complexity index is 949. The summed E-state index contributed by atoms with van der Waals surface area (Å²) in [6.45, 7) is 2.75. The molecule has 6 nitrogen and oxygen atoms in total. The van der Waals surface area contributed by atoms with Crippen LogP contribution in [0, 0.1) is 6.92 Å². The Morgan fingerprint density at radius 1 is 1.19 bits per heavy atom. The molecule has 1 unspecified atom stereocenters. The lowest BCUT2D eigenvalue weighted by atomic mass is 10.0. The van der Waals surface area contributed by atoms with Crippen LogP contribution in [0.3, 0.4) is 0 Å². The summed E-state index contributed by atoms with van der Waals surface area (Å²) in [5, 5.41) is 8.25. The average Bonchev–Trinajstić information content (AvgIpc) is 3.38. The van der Waals surface area contributed by atoms with Gasteiger partial charge in [-0.05, 0) is 49.6 Å². The first-order chi connectivity index (χ1) is 13.2. The number of aromatic nitrogens is 3. The molecule has 0 N–H and O–H groups in total.